The zero-order valence-electron chi connectivity index (χ0n) is 9.89. The van der Waals surface area contributed by atoms with Gasteiger partial charge in [-0.25, -0.2) is 0 Å². The van der Waals surface area contributed by atoms with Crippen molar-refractivity contribution < 1.29 is 4.79 Å². The van der Waals surface area contributed by atoms with E-state index >= 15 is 0 Å². The average Bonchev–Trinajstić information content (AvgIpc) is 2.39. The molecule has 0 bridgehead atoms. The Morgan fingerprint density at radius 3 is 3.06 bits per heavy atom. The van der Waals surface area contributed by atoms with Gasteiger partial charge in [-0.05, 0) is 24.3 Å². The molecule has 0 atom stereocenters. The van der Waals surface area contributed by atoms with Crippen LogP contribution in [0.5, 0.6) is 0 Å². The van der Waals surface area contributed by atoms with Crippen LogP contribution in [-0.4, -0.2) is 30.5 Å². The third-order valence-electron chi connectivity index (χ3n) is 3.18. The van der Waals surface area contributed by atoms with E-state index < -0.39 is 0 Å². The molecule has 1 aliphatic heterocycles. The molecular formula is C13H14N4O. The van der Waals surface area contributed by atoms with Crippen molar-refractivity contribution in [2.75, 3.05) is 30.3 Å². The van der Waals surface area contributed by atoms with Crippen molar-refractivity contribution in [2.24, 2.45) is 0 Å². The number of piperazine rings is 1. The number of hydrogen-bond acceptors (Lipinski definition) is 4. The number of nitrogens with zero attached hydrogens (tertiary/aromatic N) is 2. The van der Waals surface area contributed by atoms with E-state index in [1.54, 1.807) is 6.20 Å². The van der Waals surface area contributed by atoms with E-state index in [1.165, 1.54) is 0 Å². The van der Waals surface area contributed by atoms with Gasteiger partial charge in [-0.15, -0.1) is 0 Å². The molecule has 2 heterocycles. The summed E-state index contributed by atoms with van der Waals surface area (Å²) in [6, 6.07) is 7.69. The zero-order valence-corrected chi connectivity index (χ0v) is 9.89. The van der Waals surface area contributed by atoms with E-state index in [9.17, 15) is 4.79 Å². The molecule has 1 fully saturated rings. The van der Waals surface area contributed by atoms with E-state index in [2.05, 4.69) is 10.3 Å². The molecule has 1 aromatic heterocycles. The van der Waals surface area contributed by atoms with Gasteiger partial charge in [0.05, 0.1) is 23.4 Å². The molecule has 0 spiro atoms. The number of nitrogens with two attached hydrogens (primary N) is 1. The Balaban J connectivity index is 2.06. The first-order valence-corrected chi connectivity index (χ1v) is 5.90. The summed E-state index contributed by atoms with van der Waals surface area (Å²) in [5.41, 5.74) is 8.65. The maximum Gasteiger partial charge on any atom is 0.239 e. The Hall–Kier alpha value is -2.30. The van der Waals surface area contributed by atoms with Crippen molar-refractivity contribution in [3.8, 4) is 0 Å². The first-order valence-electron chi connectivity index (χ1n) is 5.90. The van der Waals surface area contributed by atoms with E-state index in [4.69, 9.17) is 5.73 Å². The Morgan fingerprint density at radius 1 is 1.33 bits per heavy atom. The number of nitrogen functional groups attached to an aromatic ring is 1. The molecule has 5 heteroatoms. The van der Waals surface area contributed by atoms with E-state index in [0.717, 1.165) is 23.1 Å². The fourth-order valence-electron chi connectivity index (χ4n) is 2.28. The summed E-state index contributed by atoms with van der Waals surface area (Å²) in [5.74, 6) is 0.0342. The van der Waals surface area contributed by atoms with Crippen molar-refractivity contribution in [3.05, 3.63) is 30.5 Å². The monoisotopic (exact) mass is 242 g/mol. The summed E-state index contributed by atoms with van der Waals surface area (Å²) in [6.07, 6.45) is 1.75. The quantitative estimate of drug-likeness (QED) is 0.724. The minimum atomic E-state index is 0.0342. The summed E-state index contributed by atoms with van der Waals surface area (Å²) in [5, 5.41) is 3.74. The van der Waals surface area contributed by atoms with Crippen molar-refractivity contribution in [1.82, 2.24) is 10.3 Å². The lowest BCUT2D eigenvalue weighted by molar-refractivity contribution is -0.120. The van der Waals surface area contributed by atoms with Gasteiger partial charge in [-0.3, -0.25) is 9.78 Å². The highest BCUT2D eigenvalue weighted by molar-refractivity contribution is 5.98. The third-order valence-corrected chi connectivity index (χ3v) is 3.18. The molecule has 18 heavy (non-hydrogen) atoms. The number of fused-ring (bicyclic) bond motifs is 1. The van der Waals surface area contributed by atoms with Crippen LogP contribution in [0.4, 0.5) is 11.4 Å². The van der Waals surface area contributed by atoms with Crippen LogP contribution in [0.3, 0.4) is 0 Å². The number of carbonyl (C=O) groups is 1. The number of benzene rings is 1. The standard InChI is InChI=1S/C13H14N4O/c14-13-9-2-1-5-15-10(9)3-4-11(13)17-7-6-16-12(18)8-17/h1-5H,6-8,14H2,(H,16,18). The van der Waals surface area contributed by atoms with Gasteiger partial charge in [-0.2, -0.15) is 0 Å². The highest BCUT2D eigenvalue weighted by Crippen LogP contribution is 2.30. The van der Waals surface area contributed by atoms with Crippen LogP contribution in [0.25, 0.3) is 10.9 Å². The fraction of sp³-hybridized carbons (Fsp3) is 0.231. The van der Waals surface area contributed by atoms with Crippen molar-refractivity contribution in [1.29, 1.82) is 0 Å². The van der Waals surface area contributed by atoms with E-state index in [0.29, 0.717) is 18.8 Å². The molecule has 0 aliphatic carbocycles. The minimum absolute atomic E-state index is 0.0342. The van der Waals surface area contributed by atoms with Crippen LogP contribution >= 0.6 is 0 Å². The number of carbonyl (C=O) groups excluding carboxylic acids is 1. The molecule has 92 valence electrons. The Labute approximate surface area is 105 Å². The SMILES string of the molecule is Nc1c(N2CCNC(=O)C2)ccc2ncccc12. The molecule has 0 saturated carbocycles. The van der Waals surface area contributed by atoms with Gasteiger partial charge in [0, 0.05) is 24.7 Å². The molecule has 5 nitrogen and oxygen atoms in total. The van der Waals surface area contributed by atoms with Crippen LogP contribution in [0, 0.1) is 0 Å². The normalized spacial score (nSPS) is 15.8. The summed E-state index contributed by atoms with van der Waals surface area (Å²) < 4.78 is 0. The highest BCUT2D eigenvalue weighted by Gasteiger charge is 2.19. The van der Waals surface area contributed by atoms with Crippen LogP contribution in [0.15, 0.2) is 30.5 Å². The van der Waals surface area contributed by atoms with E-state index in [-0.39, 0.29) is 5.91 Å². The smallest absolute Gasteiger partial charge is 0.239 e. The summed E-state index contributed by atoms with van der Waals surface area (Å²) in [4.78, 5) is 17.7. The number of rotatable bonds is 1. The summed E-state index contributed by atoms with van der Waals surface area (Å²) in [7, 11) is 0. The first-order chi connectivity index (χ1) is 8.75. The lowest BCUT2D eigenvalue weighted by Gasteiger charge is -2.29. The molecule has 1 aliphatic rings. The summed E-state index contributed by atoms with van der Waals surface area (Å²) in [6.45, 7) is 1.79. The van der Waals surface area contributed by atoms with Crippen LogP contribution in [-0.2, 0) is 4.79 Å². The Bertz CT molecular complexity index is 611. The molecule has 3 N–H and O–H groups in total. The van der Waals surface area contributed by atoms with Gasteiger partial charge in [0.25, 0.3) is 0 Å². The first kappa shape index (κ1) is 10.8. The predicted molar refractivity (Wildman–Crippen MR) is 71.4 cm³/mol. The molecule has 0 radical (unpaired) electrons. The van der Waals surface area contributed by atoms with Crippen LogP contribution in [0.1, 0.15) is 0 Å². The van der Waals surface area contributed by atoms with Gasteiger partial charge in [0.1, 0.15) is 0 Å². The zero-order chi connectivity index (χ0) is 12.5. The van der Waals surface area contributed by atoms with Crippen molar-refractivity contribution in [3.63, 3.8) is 0 Å². The van der Waals surface area contributed by atoms with Crippen molar-refractivity contribution in [2.45, 2.75) is 0 Å². The van der Waals surface area contributed by atoms with Crippen LogP contribution in [0.2, 0.25) is 0 Å². The maximum absolute atomic E-state index is 11.4. The second kappa shape index (κ2) is 4.18. The second-order valence-corrected chi connectivity index (χ2v) is 4.34. The maximum atomic E-state index is 11.4. The molecular weight excluding hydrogens is 228 g/mol. The second-order valence-electron chi connectivity index (χ2n) is 4.34. The predicted octanol–water partition coefficient (Wildman–Crippen LogP) is 0.753. The molecule has 1 saturated heterocycles. The number of pyridine rings is 1. The average molecular weight is 242 g/mol. The number of aromatic nitrogens is 1. The molecule has 3 rings (SSSR count). The van der Waals surface area contributed by atoms with Gasteiger partial charge in [0.2, 0.25) is 5.91 Å². The van der Waals surface area contributed by atoms with Gasteiger partial charge in [-0.1, -0.05) is 0 Å². The largest absolute Gasteiger partial charge is 0.396 e. The van der Waals surface area contributed by atoms with E-state index in [1.807, 2.05) is 29.2 Å². The fourth-order valence-corrected chi connectivity index (χ4v) is 2.28. The molecule has 0 unspecified atom stereocenters. The lowest BCUT2D eigenvalue weighted by Crippen LogP contribution is -2.47. The summed E-state index contributed by atoms with van der Waals surface area (Å²) >= 11 is 0. The Kier molecular flexibility index (Phi) is 2.51. The number of nitrogens with one attached hydrogen (secondary N) is 1. The minimum Gasteiger partial charge on any atom is -0.396 e. The Morgan fingerprint density at radius 2 is 2.22 bits per heavy atom. The number of amides is 1. The number of anilines is 2. The third kappa shape index (κ3) is 1.73. The van der Waals surface area contributed by atoms with Crippen molar-refractivity contribution >= 4 is 28.2 Å². The van der Waals surface area contributed by atoms with Gasteiger partial charge < -0.3 is 16.0 Å². The number of hydrogen-bond donors (Lipinski definition) is 2. The van der Waals surface area contributed by atoms with Gasteiger partial charge >= 0.3 is 0 Å². The highest BCUT2D eigenvalue weighted by atomic mass is 16.2. The molecule has 2 aromatic rings. The molecule has 1 aromatic carbocycles. The van der Waals surface area contributed by atoms with Crippen LogP contribution < -0.4 is 16.0 Å². The topological polar surface area (TPSA) is 71.2 Å². The van der Waals surface area contributed by atoms with Gasteiger partial charge in [0.15, 0.2) is 0 Å². The molecule has 1 amide bonds. The lowest BCUT2D eigenvalue weighted by atomic mass is 10.1.